The molecule has 8 heteroatoms. The van der Waals surface area contributed by atoms with Gasteiger partial charge in [0.1, 0.15) is 0 Å². The second-order valence-corrected chi connectivity index (χ2v) is 11.0. The maximum Gasteiger partial charge on any atom is 0.287 e. The summed E-state index contributed by atoms with van der Waals surface area (Å²) in [5, 5.41) is 6.02. The Labute approximate surface area is 208 Å². The van der Waals surface area contributed by atoms with Crippen LogP contribution >= 0.6 is 0 Å². The van der Waals surface area contributed by atoms with E-state index in [1.807, 2.05) is 27.7 Å². The Morgan fingerprint density at radius 2 is 1.26 bits per heavy atom. The quantitative estimate of drug-likeness (QED) is 0.419. The molecule has 5 saturated heterocycles. The molecular weight excluding hydrogens is 428 g/mol. The minimum atomic E-state index is -0.425. The molecule has 2 unspecified atom stereocenters. The number of nitrogens with zero attached hydrogens (tertiary/aromatic N) is 2. The van der Waals surface area contributed by atoms with Crippen LogP contribution in [0.2, 0.25) is 0 Å². The fraction of sp³-hybridized carbons (Fsp3) is 0.923. The van der Waals surface area contributed by atoms with Gasteiger partial charge in [0.25, 0.3) is 5.91 Å². The van der Waals surface area contributed by atoms with Gasteiger partial charge in [-0.1, -0.05) is 13.8 Å². The zero-order chi connectivity index (χ0) is 26.0. The molecule has 0 aromatic carbocycles. The molecule has 5 aliphatic heterocycles. The number of Topliss-reactive ketones (excluding diaryl/α,β-unsaturated/α-hetero) is 1. The Balaban J connectivity index is 0.000000231. The average molecular weight is 483 g/mol. The summed E-state index contributed by atoms with van der Waals surface area (Å²) in [6.07, 6.45) is 3.17. The first kappa shape index (κ1) is 31.0. The Hall–Kier alpha value is -1.06. The highest BCUT2D eigenvalue weighted by Gasteiger charge is 2.34. The summed E-state index contributed by atoms with van der Waals surface area (Å²) >= 11 is 0. The molecule has 6 N–H and O–H groups in total. The number of piperidine rings is 2. The molecule has 0 aromatic rings. The minimum Gasteiger partial charge on any atom is -0.347 e. The van der Waals surface area contributed by atoms with Crippen LogP contribution in [-0.2, 0) is 9.59 Å². The second-order valence-electron chi connectivity index (χ2n) is 11.0. The van der Waals surface area contributed by atoms with Crippen molar-refractivity contribution in [3.8, 4) is 0 Å². The van der Waals surface area contributed by atoms with E-state index in [4.69, 9.17) is 11.5 Å². The van der Waals surface area contributed by atoms with Crippen molar-refractivity contribution in [3.05, 3.63) is 0 Å². The number of ketones is 1. The lowest BCUT2D eigenvalue weighted by Gasteiger charge is -2.50. The number of hydrogen-bond acceptors (Lipinski definition) is 7. The van der Waals surface area contributed by atoms with Crippen LogP contribution in [0, 0.1) is 11.8 Å². The van der Waals surface area contributed by atoms with Gasteiger partial charge in [-0.2, -0.15) is 0 Å². The van der Waals surface area contributed by atoms with Crippen molar-refractivity contribution >= 4 is 11.7 Å². The van der Waals surface area contributed by atoms with Crippen molar-refractivity contribution in [1.29, 1.82) is 0 Å². The SMILES string of the molecule is CC1C(C)N2CCN1CC2.C[C@@H](N)[C@@H](C)N.C[C@H]1CC(=O)C(=O)N[C@@H]1C.C[C@H]1CCCN[C@@H]1C. The molecule has 2 bridgehead atoms. The van der Waals surface area contributed by atoms with Crippen molar-refractivity contribution in [2.45, 2.75) is 111 Å². The third-order valence-electron chi connectivity index (χ3n) is 8.16. The first-order chi connectivity index (χ1) is 15.8. The maximum absolute atomic E-state index is 10.7. The third kappa shape index (κ3) is 10.3. The molecule has 5 rings (SSSR count). The number of rotatable bonds is 1. The van der Waals surface area contributed by atoms with Crippen LogP contribution in [0.15, 0.2) is 0 Å². The highest BCUT2D eigenvalue weighted by Crippen LogP contribution is 2.21. The van der Waals surface area contributed by atoms with Crippen molar-refractivity contribution in [1.82, 2.24) is 20.4 Å². The van der Waals surface area contributed by atoms with Crippen LogP contribution in [-0.4, -0.2) is 90.5 Å². The molecule has 34 heavy (non-hydrogen) atoms. The van der Waals surface area contributed by atoms with Gasteiger partial charge in [-0.05, 0) is 72.8 Å². The largest absolute Gasteiger partial charge is 0.347 e. The lowest BCUT2D eigenvalue weighted by molar-refractivity contribution is -0.141. The molecule has 5 aliphatic rings. The predicted octanol–water partition coefficient (Wildman–Crippen LogP) is 1.57. The molecule has 0 spiro atoms. The normalized spacial score (nSPS) is 38.5. The molecule has 0 saturated carbocycles. The molecule has 5 fully saturated rings. The zero-order valence-electron chi connectivity index (χ0n) is 23.1. The van der Waals surface area contributed by atoms with Gasteiger partial charge >= 0.3 is 0 Å². The molecular formula is C26H54N6O2. The first-order valence-corrected chi connectivity index (χ1v) is 13.4. The maximum atomic E-state index is 10.7. The Morgan fingerprint density at radius 1 is 0.794 bits per heavy atom. The van der Waals surface area contributed by atoms with Crippen LogP contribution < -0.4 is 22.1 Å². The number of nitrogens with one attached hydrogen (secondary N) is 2. The summed E-state index contributed by atoms with van der Waals surface area (Å²) in [4.78, 5) is 26.6. The molecule has 0 radical (unpaired) electrons. The van der Waals surface area contributed by atoms with E-state index in [2.05, 4.69) is 48.1 Å². The zero-order valence-corrected chi connectivity index (χ0v) is 23.1. The van der Waals surface area contributed by atoms with Gasteiger partial charge in [0.15, 0.2) is 0 Å². The van der Waals surface area contributed by atoms with E-state index in [0.29, 0.717) is 6.42 Å². The Bertz CT molecular complexity index is 550. The number of fused-ring (bicyclic) bond motifs is 3. The summed E-state index contributed by atoms with van der Waals surface area (Å²) in [6, 6.07) is 2.74. The van der Waals surface area contributed by atoms with E-state index in [-0.39, 0.29) is 29.8 Å². The summed E-state index contributed by atoms with van der Waals surface area (Å²) in [6.45, 7) is 23.3. The van der Waals surface area contributed by atoms with Crippen molar-refractivity contribution in [2.24, 2.45) is 23.3 Å². The lowest BCUT2D eigenvalue weighted by atomic mass is 9.93. The van der Waals surface area contributed by atoms with Crippen LogP contribution in [0.3, 0.4) is 0 Å². The van der Waals surface area contributed by atoms with Crippen LogP contribution in [0.1, 0.15) is 74.7 Å². The molecule has 0 aliphatic carbocycles. The molecule has 1 amide bonds. The van der Waals surface area contributed by atoms with Gasteiger partial charge in [-0.25, -0.2) is 0 Å². The summed E-state index contributed by atoms with van der Waals surface area (Å²) in [5.74, 6) is 0.463. The predicted molar refractivity (Wildman–Crippen MR) is 142 cm³/mol. The smallest absolute Gasteiger partial charge is 0.287 e. The molecule has 8 nitrogen and oxygen atoms in total. The number of hydrogen-bond donors (Lipinski definition) is 4. The average Bonchev–Trinajstić information content (AvgIpc) is 2.79. The van der Waals surface area contributed by atoms with Crippen molar-refractivity contribution < 1.29 is 9.59 Å². The molecule has 0 aromatic heterocycles. The molecule has 8 atom stereocenters. The minimum absolute atomic E-state index is 0.130. The Morgan fingerprint density at radius 3 is 1.56 bits per heavy atom. The van der Waals surface area contributed by atoms with Crippen molar-refractivity contribution in [3.63, 3.8) is 0 Å². The highest BCUT2D eigenvalue weighted by molar-refractivity contribution is 6.36. The Kier molecular flexibility index (Phi) is 13.8. The van der Waals surface area contributed by atoms with Crippen molar-refractivity contribution in [2.75, 3.05) is 32.7 Å². The number of piperazine rings is 3. The molecule has 200 valence electrons. The number of carbonyl (C=O) groups is 2. The van der Waals surface area contributed by atoms with E-state index in [1.54, 1.807) is 0 Å². The first-order valence-electron chi connectivity index (χ1n) is 13.4. The van der Waals surface area contributed by atoms with Gasteiger partial charge in [-0.3, -0.25) is 19.4 Å². The van der Waals surface area contributed by atoms with Crippen LogP contribution in [0.5, 0.6) is 0 Å². The van der Waals surface area contributed by atoms with Crippen LogP contribution in [0.4, 0.5) is 0 Å². The van der Waals surface area contributed by atoms with Gasteiger partial charge in [-0.15, -0.1) is 0 Å². The number of amides is 1. The second kappa shape index (κ2) is 15.1. The third-order valence-corrected chi connectivity index (χ3v) is 8.16. The van der Waals surface area contributed by atoms with Gasteiger partial charge in [0.05, 0.1) is 0 Å². The fourth-order valence-corrected chi connectivity index (χ4v) is 4.36. The van der Waals surface area contributed by atoms with E-state index < -0.39 is 5.91 Å². The fourth-order valence-electron chi connectivity index (χ4n) is 4.36. The van der Waals surface area contributed by atoms with E-state index >= 15 is 0 Å². The summed E-state index contributed by atoms with van der Waals surface area (Å²) in [5.41, 5.74) is 10.6. The number of carbonyl (C=O) groups excluding carboxylic acids is 2. The summed E-state index contributed by atoms with van der Waals surface area (Å²) < 4.78 is 0. The van der Waals surface area contributed by atoms with Crippen LogP contribution in [0.25, 0.3) is 0 Å². The number of nitrogens with two attached hydrogens (primary N) is 2. The summed E-state index contributed by atoms with van der Waals surface area (Å²) in [7, 11) is 0. The topological polar surface area (TPSA) is 117 Å². The van der Waals surface area contributed by atoms with E-state index in [9.17, 15) is 9.59 Å². The lowest BCUT2D eigenvalue weighted by Crippen LogP contribution is -2.64. The standard InChI is InChI=1S/C8H16N2.C7H11NO2.C7H15N.C4H12N2/c1-7-8(2)10-5-3-9(7)4-6-10;1-4-3-6(9)7(10)8-5(4)2;1-6-4-3-5-8-7(6)2;1-3(5)4(2)6/h7-8H,3-6H2,1-2H3;4-5H,3H2,1-2H3,(H,8,10);6-8H,3-5H2,1-2H3;3-4H,5-6H2,1-2H3/t;4-,5+;6-,7+;3-,4-/m.001/s1. The van der Waals surface area contributed by atoms with Gasteiger partial charge in [0, 0.05) is 68.9 Å². The van der Waals surface area contributed by atoms with Gasteiger partial charge < -0.3 is 22.1 Å². The van der Waals surface area contributed by atoms with Gasteiger partial charge in [0.2, 0.25) is 5.78 Å². The van der Waals surface area contributed by atoms with E-state index in [1.165, 1.54) is 45.6 Å². The van der Waals surface area contributed by atoms with E-state index in [0.717, 1.165) is 24.0 Å². The molecule has 5 heterocycles. The monoisotopic (exact) mass is 482 g/mol. The highest BCUT2D eigenvalue weighted by atomic mass is 16.2.